The van der Waals surface area contributed by atoms with E-state index in [2.05, 4.69) is 0 Å². The Balaban J connectivity index is 1.93. The number of halogens is 1. The van der Waals surface area contributed by atoms with Gasteiger partial charge in [0.15, 0.2) is 0 Å². The third-order valence-electron chi connectivity index (χ3n) is 3.26. The van der Waals surface area contributed by atoms with Crippen molar-refractivity contribution in [3.05, 3.63) is 0 Å². The van der Waals surface area contributed by atoms with Crippen LogP contribution in [0.4, 0.5) is 4.39 Å². The monoisotopic (exact) mass is 213 g/mol. The molecule has 1 saturated carbocycles. The van der Waals surface area contributed by atoms with Crippen LogP contribution >= 0.6 is 0 Å². The number of likely N-dealkylation sites (tertiary alicyclic amines) is 1. The van der Waals surface area contributed by atoms with Gasteiger partial charge in [0.2, 0.25) is 5.91 Å². The third-order valence-corrected chi connectivity index (χ3v) is 3.26. The molecule has 1 aliphatic heterocycles. The molecule has 0 N–H and O–H groups in total. The van der Waals surface area contributed by atoms with Gasteiger partial charge < -0.3 is 4.90 Å². The zero-order valence-electron chi connectivity index (χ0n) is 8.96. The van der Waals surface area contributed by atoms with Crippen LogP contribution in [0.2, 0.25) is 0 Å². The number of ketones is 1. The molecule has 1 amide bonds. The Bertz CT molecular complexity index is 293. The first kappa shape index (κ1) is 10.6. The van der Waals surface area contributed by atoms with E-state index in [0.29, 0.717) is 25.8 Å². The predicted octanol–water partition coefficient (Wildman–Crippen LogP) is 1.32. The molecule has 0 spiro atoms. The van der Waals surface area contributed by atoms with Gasteiger partial charge in [-0.15, -0.1) is 0 Å². The van der Waals surface area contributed by atoms with E-state index >= 15 is 0 Å². The number of Topliss-reactive ketones (excluding diaryl/α,β-unsaturated/α-hetero) is 1. The number of carbonyl (C=O) groups is 2. The Morgan fingerprint density at radius 1 is 1.53 bits per heavy atom. The highest BCUT2D eigenvalue weighted by Crippen LogP contribution is 2.30. The molecule has 0 bridgehead atoms. The molecule has 1 heterocycles. The summed E-state index contributed by atoms with van der Waals surface area (Å²) in [6.07, 6.45) is 1.97. The maximum atomic E-state index is 13.7. The van der Waals surface area contributed by atoms with Gasteiger partial charge in [0.25, 0.3) is 0 Å². The highest BCUT2D eigenvalue weighted by Gasteiger charge is 2.39. The second-order valence-corrected chi connectivity index (χ2v) is 4.92. The molecule has 2 rings (SSSR count). The summed E-state index contributed by atoms with van der Waals surface area (Å²) in [5.41, 5.74) is -1.25. The first-order chi connectivity index (χ1) is 6.98. The molecule has 2 aliphatic rings. The normalized spacial score (nSPS) is 32.7. The quantitative estimate of drug-likeness (QED) is 0.658. The number of hydrogen-bond acceptors (Lipinski definition) is 2. The largest absolute Gasteiger partial charge is 0.339 e. The molecule has 2 fully saturated rings. The highest BCUT2D eigenvalue weighted by molar-refractivity contribution is 5.96. The van der Waals surface area contributed by atoms with Gasteiger partial charge in [0.05, 0.1) is 12.5 Å². The van der Waals surface area contributed by atoms with Crippen molar-refractivity contribution in [1.82, 2.24) is 4.90 Å². The summed E-state index contributed by atoms with van der Waals surface area (Å²) in [5, 5.41) is 0. The maximum Gasteiger partial charge on any atom is 0.226 e. The topological polar surface area (TPSA) is 37.4 Å². The third kappa shape index (κ3) is 2.19. The number of nitrogens with zero attached hydrogens (tertiary/aromatic N) is 1. The second-order valence-electron chi connectivity index (χ2n) is 4.92. The predicted molar refractivity (Wildman–Crippen MR) is 53.1 cm³/mol. The van der Waals surface area contributed by atoms with E-state index in [0.717, 1.165) is 6.42 Å². The molecule has 0 aromatic carbocycles. The van der Waals surface area contributed by atoms with E-state index in [-0.39, 0.29) is 24.2 Å². The van der Waals surface area contributed by atoms with Crippen LogP contribution in [0, 0.1) is 5.92 Å². The summed E-state index contributed by atoms with van der Waals surface area (Å²) < 4.78 is 13.7. The van der Waals surface area contributed by atoms with Crippen LogP contribution < -0.4 is 0 Å². The average Bonchev–Trinajstić information content (AvgIpc) is 2.10. The summed E-state index contributed by atoms with van der Waals surface area (Å²) >= 11 is 0. The van der Waals surface area contributed by atoms with E-state index < -0.39 is 5.67 Å². The molecular formula is C11H16FNO2. The van der Waals surface area contributed by atoms with Crippen LogP contribution in [0.3, 0.4) is 0 Å². The fourth-order valence-corrected chi connectivity index (χ4v) is 2.31. The van der Waals surface area contributed by atoms with Gasteiger partial charge in [-0.05, 0) is 19.8 Å². The van der Waals surface area contributed by atoms with Crippen LogP contribution in [0.5, 0.6) is 0 Å². The molecule has 84 valence electrons. The van der Waals surface area contributed by atoms with Gasteiger partial charge in [-0.2, -0.15) is 0 Å². The van der Waals surface area contributed by atoms with E-state index in [1.54, 1.807) is 11.8 Å². The molecule has 3 nitrogen and oxygen atoms in total. The number of hydrogen-bond donors (Lipinski definition) is 0. The Morgan fingerprint density at radius 2 is 2.20 bits per heavy atom. The Hall–Kier alpha value is -0.930. The summed E-state index contributed by atoms with van der Waals surface area (Å²) in [5.74, 6) is -0.0436. The van der Waals surface area contributed by atoms with Gasteiger partial charge in [0.1, 0.15) is 11.5 Å². The summed E-state index contributed by atoms with van der Waals surface area (Å²) in [7, 11) is 0. The first-order valence-corrected chi connectivity index (χ1v) is 5.47. The summed E-state index contributed by atoms with van der Waals surface area (Å²) in [6.45, 7) is 2.37. The molecule has 0 aromatic heterocycles. The van der Waals surface area contributed by atoms with Crippen molar-refractivity contribution in [3.63, 3.8) is 0 Å². The van der Waals surface area contributed by atoms with Crippen LogP contribution in [0.1, 0.15) is 32.6 Å². The minimum absolute atomic E-state index is 0.0295. The van der Waals surface area contributed by atoms with Crippen LogP contribution in [0.15, 0.2) is 0 Å². The van der Waals surface area contributed by atoms with Gasteiger partial charge >= 0.3 is 0 Å². The molecule has 1 atom stereocenters. The Labute approximate surface area is 88.6 Å². The smallest absolute Gasteiger partial charge is 0.226 e. The summed E-state index contributed by atoms with van der Waals surface area (Å²) in [6, 6.07) is 0. The van der Waals surface area contributed by atoms with E-state index in [9.17, 15) is 14.0 Å². The van der Waals surface area contributed by atoms with Crippen LogP contribution in [-0.4, -0.2) is 35.3 Å². The lowest BCUT2D eigenvalue weighted by Gasteiger charge is -2.38. The molecule has 0 radical (unpaired) electrons. The van der Waals surface area contributed by atoms with Crippen molar-refractivity contribution in [1.29, 1.82) is 0 Å². The fourth-order valence-electron chi connectivity index (χ4n) is 2.31. The van der Waals surface area contributed by atoms with E-state index in [1.807, 2.05) is 0 Å². The first-order valence-electron chi connectivity index (χ1n) is 5.47. The SMILES string of the molecule is C[C@@]1(F)CCCN(C(=O)C2CC(=O)C2)C1. The van der Waals surface area contributed by atoms with Gasteiger partial charge in [-0.25, -0.2) is 4.39 Å². The Kier molecular flexibility index (Phi) is 2.52. The molecule has 1 saturated heterocycles. The zero-order chi connectivity index (χ0) is 11.1. The summed E-state index contributed by atoms with van der Waals surface area (Å²) in [4.78, 5) is 24.2. The number of alkyl halides is 1. The van der Waals surface area contributed by atoms with Gasteiger partial charge in [-0.1, -0.05) is 0 Å². The van der Waals surface area contributed by atoms with Crippen molar-refractivity contribution in [2.24, 2.45) is 5.92 Å². The number of piperidine rings is 1. The lowest BCUT2D eigenvalue weighted by Crippen LogP contribution is -2.50. The number of amides is 1. The minimum Gasteiger partial charge on any atom is -0.339 e. The number of rotatable bonds is 1. The van der Waals surface area contributed by atoms with Crippen molar-refractivity contribution in [3.8, 4) is 0 Å². The zero-order valence-corrected chi connectivity index (χ0v) is 8.96. The standard InChI is InChI=1S/C11H16FNO2/c1-11(12)3-2-4-13(7-11)10(15)8-5-9(14)6-8/h8H,2-7H2,1H3/t11-/m1/s1. The van der Waals surface area contributed by atoms with Crippen molar-refractivity contribution in [2.45, 2.75) is 38.3 Å². The van der Waals surface area contributed by atoms with Crippen LogP contribution in [0.25, 0.3) is 0 Å². The van der Waals surface area contributed by atoms with Gasteiger partial charge in [-0.3, -0.25) is 9.59 Å². The minimum atomic E-state index is -1.25. The fraction of sp³-hybridized carbons (Fsp3) is 0.818. The second kappa shape index (κ2) is 3.58. The Morgan fingerprint density at radius 3 is 2.73 bits per heavy atom. The molecular weight excluding hydrogens is 197 g/mol. The molecule has 0 aromatic rings. The molecule has 4 heteroatoms. The number of carbonyl (C=O) groups excluding carboxylic acids is 2. The van der Waals surface area contributed by atoms with Crippen molar-refractivity contribution < 1.29 is 14.0 Å². The van der Waals surface area contributed by atoms with Crippen LogP contribution in [-0.2, 0) is 9.59 Å². The highest BCUT2D eigenvalue weighted by atomic mass is 19.1. The molecule has 15 heavy (non-hydrogen) atoms. The van der Waals surface area contributed by atoms with E-state index in [4.69, 9.17) is 0 Å². The lowest BCUT2D eigenvalue weighted by atomic mass is 9.82. The molecule has 1 aliphatic carbocycles. The lowest BCUT2D eigenvalue weighted by molar-refractivity contribution is -0.147. The van der Waals surface area contributed by atoms with E-state index in [1.165, 1.54) is 0 Å². The van der Waals surface area contributed by atoms with Crippen molar-refractivity contribution in [2.75, 3.05) is 13.1 Å². The van der Waals surface area contributed by atoms with Gasteiger partial charge in [0, 0.05) is 19.4 Å². The van der Waals surface area contributed by atoms with Crippen molar-refractivity contribution >= 4 is 11.7 Å². The molecule has 0 unspecified atom stereocenters. The average molecular weight is 213 g/mol. The maximum absolute atomic E-state index is 13.7.